The Labute approximate surface area is 101 Å². The van der Waals surface area contributed by atoms with Crippen molar-refractivity contribution in [2.75, 3.05) is 27.4 Å². The van der Waals surface area contributed by atoms with Gasteiger partial charge in [0.25, 0.3) is 0 Å². The molecule has 0 unspecified atom stereocenters. The van der Waals surface area contributed by atoms with Crippen LogP contribution in [0.3, 0.4) is 0 Å². The lowest BCUT2D eigenvalue weighted by molar-refractivity contribution is -0.166. The van der Waals surface area contributed by atoms with Crippen LogP contribution in [0.25, 0.3) is 0 Å². The molecule has 0 aromatic heterocycles. The average Bonchev–Trinajstić information content (AvgIpc) is 2.39. The summed E-state index contributed by atoms with van der Waals surface area (Å²) in [4.78, 5) is 23.5. The highest BCUT2D eigenvalue weighted by molar-refractivity contribution is 5.96. The Morgan fingerprint density at radius 1 is 1.24 bits per heavy atom. The van der Waals surface area contributed by atoms with E-state index in [1.807, 2.05) is 0 Å². The molecule has 0 bridgehead atoms. The number of esters is 2. The van der Waals surface area contributed by atoms with Gasteiger partial charge in [0, 0.05) is 18.6 Å². The van der Waals surface area contributed by atoms with Crippen LogP contribution in [0.4, 0.5) is 0 Å². The highest BCUT2D eigenvalue weighted by Gasteiger charge is 2.47. The van der Waals surface area contributed by atoms with Crippen molar-refractivity contribution in [2.24, 2.45) is 11.3 Å². The molecule has 0 radical (unpaired) electrons. The summed E-state index contributed by atoms with van der Waals surface area (Å²) in [5, 5.41) is 0. The van der Waals surface area contributed by atoms with Gasteiger partial charge in [0.2, 0.25) is 0 Å². The highest BCUT2D eigenvalue weighted by Crippen LogP contribution is 2.40. The molecular weight excluding hydrogens is 224 g/mol. The molecule has 5 heteroatoms. The third-order valence-corrected chi connectivity index (χ3v) is 3.28. The van der Waals surface area contributed by atoms with E-state index in [0.717, 1.165) is 0 Å². The van der Waals surface area contributed by atoms with E-state index < -0.39 is 23.3 Å². The van der Waals surface area contributed by atoms with E-state index in [9.17, 15) is 9.59 Å². The molecule has 0 amide bonds. The van der Waals surface area contributed by atoms with Gasteiger partial charge in [-0.05, 0) is 12.8 Å². The van der Waals surface area contributed by atoms with Crippen molar-refractivity contribution in [3.05, 3.63) is 12.7 Å². The summed E-state index contributed by atoms with van der Waals surface area (Å²) < 4.78 is 14.6. The molecule has 0 aromatic rings. The quantitative estimate of drug-likeness (QED) is 0.417. The SMILES string of the molecule is C=CC1(C(C(=O)OC)C(=O)OC)CCOCC1. The number of methoxy groups -OCH3 is 2. The molecule has 0 aliphatic carbocycles. The molecule has 0 atom stereocenters. The lowest BCUT2D eigenvalue weighted by Crippen LogP contribution is -2.44. The number of ether oxygens (including phenoxy) is 3. The van der Waals surface area contributed by atoms with Gasteiger partial charge in [-0.25, -0.2) is 0 Å². The van der Waals surface area contributed by atoms with Crippen molar-refractivity contribution >= 4 is 11.9 Å². The molecule has 0 spiro atoms. The molecule has 1 aliphatic rings. The second-order valence-electron chi connectivity index (χ2n) is 4.03. The van der Waals surface area contributed by atoms with E-state index in [4.69, 9.17) is 4.74 Å². The maximum atomic E-state index is 11.8. The minimum absolute atomic E-state index is 0.497. The van der Waals surface area contributed by atoms with E-state index in [0.29, 0.717) is 26.1 Å². The molecule has 5 nitrogen and oxygen atoms in total. The van der Waals surface area contributed by atoms with Gasteiger partial charge in [0.05, 0.1) is 14.2 Å². The summed E-state index contributed by atoms with van der Waals surface area (Å²) >= 11 is 0. The van der Waals surface area contributed by atoms with Crippen LogP contribution in [0.5, 0.6) is 0 Å². The zero-order valence-corrected chi connectivity index (χ0v) is 10.2. The molecule has 1 saturated heterocycles. The van der Waals surface area contributed by atoms with Crippen LogP contribution < -0.4 is 0 Å². The maximum absolute atomic E-state index is 11.8. The van der Waals surface area contributed by atoms with E-state index in [1.165, 1.54) is 14.2 Å². The van der Waals surface area contributed by atoms with Gasteiger partial charge in [-0.3, -0.25) is 9.59 Å². The van der Waals surface area contributed by atoms with E-state index in [1.54, 1.807) is 6.08 Å². The highest BCUT2D eigenvalue weighted by atomic mass is 16.5. The number of rotatable bonds is 4. The van der Waals surface area contributed by atoms with Crippen LogP contribution >= 0.6 is 0 Å². The van der Waals surface area contributed by atoms with Crippen molar-refractivity contribution in [1.29, 1.82) is 0 Å². The summed E-state index contributed by atoms with van der Waals surface area (Å²) in [7, 11) is 2.52. The zero-order chi connectivity index (χ0) is 12.9. The van der Waals surface area contributed by atoms with E-state index in [-0.39, 0.29) is 0 Å². The van der Waals surface area contributed by atoms with Crippen LogP contribution in [-0.4, -0.2) is 39.4 Å². The summed E-state index contributed by atoms with van der Waals surface area (Å²) in [6, 6.07) is 0. The Balaban J connectivity index is 3.04. The zero-order valence-electron chi connectivity index (χ0n) is 10.2. The van der Waals surface area contributed by atoms with Gasteiger partial charge in [-0.2, -0.15) is 0 Å². The Hall–Kier alpha value is -1.36. The first kappa shape index (κ1) is 13.7. The van der Waals surface area contributed by atoms with E-state index >= 15 is 0 Å². The molecule has 96 valence electrons. The Bertz CT molecular complexity index is 288. The number of hydrogen-bond donors (Lipinski definition) is 0. The fourth-order valence-corrected chi connectivity index (χ4v) is 2.16. The molecule has 0 saturated carbocycles. The van der Waals surface area contributed by atoms with Gasteiger partial charge < -0.3 is 14.2 Å². The monoisotopic (exact) mass is 242 g/mol. The minimum atomic E-state index is -0.959. The minimum Gasteiger partial charge on any atom is -0.468 e. The molecule has 1 heterocycles. The molecule has 17 heavy (non-hydrogen) atoms. The van der Waals surface area contributed by atoms with Crippen molar-refractivity contribution in [1.82, 2.24) is 0 Å². The first-order valence-corrected chi connectivity index (χ1v) is 5.48. The summed E-state index contributed by atoms with van der Waals surface area (Å²) in [5.74, 6) is -2.13. The van der Waals surface area contributed by atoms with E-state index in [2.05, 4.69) is 16.1 Å². The fraction of sp³-hybridized carbons (Fsp3) is 0.667. The normalized spacial score (nSPS) is 18.5. The fourth-order valence-electron chi connectivity index (χ4n) is 2.16. The first-order chi connectivity index (χ1) is 8.11. The number of allylic oxidation sites excluding steroid dienone is 1. The molecule has 1 rings (SSSR count). The Morgan fingerprint density at radius 2 is 1.71 bits per heavy atom. The average molecular weight is 242 g/mol. The number of hydrogen-bond acceptors (Lipinski definition) is 5. The number of carbonyl (C=O) groups is 2. The topological polar surface area (TPSA) is 61.8 Å². The third-order valence-electron chi connectivity index (χ3n) is 3.28. The molecule has 0 N–H and O–H groups in total. The standard InChI is InChI=1S/C12H18O5/c1-4-12(5-7-17-8-6-12)9(10(13)15-2)11(14)16-3/h4,9H,1,5-8H2,2-3H3. The predicted octanol–water partition coefficient (Wildman–Crippen LogP) is 0.931. The van der Waals surface area contributed by atoms with Crippen LogP contribution in [0.2, 0.25) is 0 Å². The van der Waals surface area contributed by atoms with Crippen molar-refractivity contribution in [3.8, 4) is 0 Å². The van der Waals surface area contributed by atoms with Crippen LogP contribution in [-0.2, 0) is 23.8 Å². The van der Waals surface area contributed by atoms with Crippen molar-refractivity contribution < 1.29 is 23.8 Å². The van der Waals surface area contributed by atoms with Crippen LogP contribution in [0, 0.1) is 11.3 Å². The lowest BCUT2D eigenvalue weighted by Gasteiger charge is -2.38. The van der Waals surface area contributed by atoms with Crippen molar-refractivity contribution in [3.63, 3.8) is 0 Å². The largest absolute Gasteiger partial charge is 0.468 e. The molecular formula is C12H18O5. The van der Waals surface area contributed by atoms with Gasteiger partial charge >= 0.3 is 11.9 Å². The Morgan fingerprint density at radius 3 is 2.06 bits per heavy atom. The smallest absolute Gasteiger partial charge is 0.320 e. The summed E-state index contributed by atoms with van der Waals surface area (Å²) in [6.07, 6.45) is 2.77. The second-order valence-corrected chi connectivity index (χ2v) is 4.03. The second kappa shape index (κ2) is 5.82. The predicted molar refractivity (Wildman–Crippen MR) is 60.2 cm³/mol. The van der Waals surface area contributed by atoms with Gasteiger partial charge in [0.15, 0.2) is 5.92 Å². The maximum Gasteiger partial charge on any atom is 0.320 e. The van der Waals surface area contributed by atoms with Gasteiger partial charge in [0.1, 0.15) is 0 Å². The lowest BCUT2D eigenvalue weighted by atomic mass is 9.70. The summed E-state index contributed by atoms with van der Waals surface area (Å²) in [6.45, 7) is 4.73. The van der Waals surface area contributed by atoms with Crippen LogP contribution in [0.1, 0.15) is 12.8 Å². The third kappa shape index (κ3) is 2.66. The molecule has 1 aliphatic heterocycles. The molecule has 0 aromatic carbocycles. The van der Waals surface area contributed by atoms with Crippen LogP contribution in [0.15, 0.2) is 12.7 Å². The summed E-state index contributed by atoms with van der Waals surface area (Å²) in [5.41, 5.74) is -0.627. The van der Waals surface area contributed by atoms with Gasteiger partial charge in [-0.15, -0.1) is 6.58 Å². The van der Waals surface area contributed by atoms with Crippen molar-refractivity contribution in [2.45, 2.75) is 12.8 Å². The first-order valence-electron chi connectivity index (χ1n) is 5.48. The Kier molecular flexibility index (Phi) is 4.69. The molecule has 1 fully saturated rings. The van der Waals surface area contributed by atoms with Gasteiger partial charge in [-0.1, -0.05) is 6.08 Å². The number of carbonyl (C=O) groups excluding carboxylic acids is 2.